The van der Waals surface area contributed by atoms with Gasteiger partial charge in [0.1, 0.15) is 5.69 Å². The molecule has 16 heavy (non-hydrogen) atoms. The third-order valence-corrected chi connectivity index (χ3v) is 2.47. The number of aromatic nitrogens is 1. The molecule has 2 aromatic rings. The van der Waals surface area contributed by atoms with Gasteiger partial charge in [0, 0.05) is 11.6 Å². The van der Waals surface area contributed by atoms with Gasteiger partial charge in [-0.3, -0.25) is 0 Å². The van der Waals surface area contributed by atoms with Crippen LogP contribution >= 0.6 is 0 Å². The number of fused-ring (bicyclic) bond motifs is 1. The number of carbonyl (C=O) groups excluding carboxylic acids is 1. The Morgan fingerprint density at radius 2 is 2.25 bits per heavy atom. The molecule has 0 bridgehead atoms. The topological polar surface area (TPSA) is 39.2 Å². The lowest BCUT2D eigenvalue weighted by Gasteiger charge is -2.04. The second-order valence-electron chi connectivity index (χ2n) is 3.59. The molecule has 0 fully saturated rings. The van der Waals surface area contributed by atoms with E-state index in [2.05, 4.69) is 4.98 Å². The molecule has 0 N–H and O–H groups in total. The first-order valence-corrected chi connectivity index (χ1v) is 5.25. The molecule has 3 nitrogen and oxygen atoms in total. The highest BCUT2D eigenvalue weighted by molar-refractivity contribution is 5.93. The molecule has 1 aromatic carbocycles. The minimum absolute atomic E-state index is 0.361. The Morgan fingerprint density at radius 1 is 1.44 bits per heavy atom. The highest BCUT2D eigenvalue weighted by Crippen LogP contribution is 2.18. The Labute approximate surface area is 94.1 Å². The monoisotopic (exact) mass is 215 g/mol. The SMILES string of the molecule is CCOC(=O)c1cc2cccc(C)c2cn1. The lowest BCUT2D eigenvalue weighted by molar-refractivity contribution is 0.0520. The van der Waals surface area contributed by atoms with Crippen molar-refractivity contribution in [2.75, 3.05) is 6.61 Å². The quantitative estimate of drug-likeness (QED) is 0.723. The molecule has 82 valence electrons. The largest absolute Gasteiger partial charge is 0.461 e. The van der Waals surface area contributed by atoms with E-state index in [4.69, 9.17) is 4.74 Å². The molecule has 0 aliphatic heterocycles. The van der Waals surface area contributed by atoms with Crippen LogP contribution in [0.3, 0.4) is 0 Å². The highest BCUT2D eigenvalue weighted by atomic mass is 16.5. The summed E-state index contributed by atoms with van der Waals surface area (Å²) in [6.07, 6.45) is 1.72. The van der Waals surface area contributed by atoms with Crippen LogP contribution in [0.5, 0.6) is 0 Å². The average molecular weight is 215 g/mol. The second kappa shape index (κ2) is 4.31. The van der Waals surface area contributed by atoms with Gasteiger partial charge in [0.2, 0.25) is 0 Å². The minimum atomic E-state index is -0.370. The van der Waals surface area contributed by atoms with Crippen molar-refractivity contribution in [3.05, 3.63) is 41.7 Å². The van der Waals surface area contributed by atoms with Crippen molar-refractivity contribution in [2.45, 2.75) is 13.8 Å². The van der Waals surface area contributed by atoms with E-state index in [1.165, 1.54) is 0 Å². The molecule has 0 saturated carbocycles. The van der Waals surface area contributed by atoms with E-state index in [0.717, 1.165) is 16.3 Å². The van der Waals surface area contributed by atoms with Crippen molar-refractivity contribution in [3.63, 3.8) is 0 Å². The molecule has 2 rings (SSSR count). The number of ether oxygens (including phenoxy) is 1. The Balaban J connectivity index is 2.48. The van der Waals surface area contributed by atoms with Gasteiger partial charge in [0.05, 0.1) is 6.61 Å². The Morgan fingerprint density at radius 3 is 3.00 bits per heavy atom. The van der Waals surface area contributed by atoms with E-state index in [9.17, 15) is 4.79 Å². The first-order chi connectivity index (χ1) is 7.72. The standard InChI is InChI=1S/C13H13NO2/c1-3-16-13(15)12-7-10-6-4-5-9(2)11(10)8-14-12/h4-8H,3H2,1-2H3. The zero-order valence-corrected chi connectivity index (χ0v) is 9.36. The van der Waals surface area contributed by atoms with E-state index in [1.54, 1.807) is 19.2 Å². The van der Waals surface area contributed by atoms with Crippen LogP contribution in [0.1, 0.15) is 23.0 Å². The summed E-state index contributed by atoms with van der Waals surface area (Å²) in [5, 5.41) is 2.08. The van der Waals surface area contributed by atoms with E-state index in [-0.39, 0.29) is 5.97 Å². The molecule has 0 saturated heterocycles. The zero-order valence-electron chi connectivity index (χ0n) is 9.36. The summed E-state index contributed by atoms with van der Waals surface area (Å²) in [6, 6.07) is 7.72. The number of hydrogen-bond donors (Lipinski definition) is 0. The molecule has 0 radical (unpaired) electrons. The van der Waals surface area contributed by atoms with Crippen molar-refractivity contribution >= 4 is 16.7 Å². The molecule has 0 amide bonds. The maximum absolute atomic E-state index is 11.5. The molecule has 0 aliphatic rings. The van der Waals surface area contributed by atoms with E-state index in [1.807, 2.05) is 25.1 Å². The summed E-state index contributed by atoms with van der Waals surface area (Å²) < 4.78 is 4.91. The highest BCUT2D eigenvalue weighted by Gasteiger charge is 2.08. The molecule has 0 unspecified atom stereocenters. The molecule has 0 aliphatic carbocycles. The summed E-state index contributed by atoms with van der Waals surface area (Å²) >= 11 is 0. The molecule has 1 aromatic heterocycles. The number of hydrogen-bond acceptors (Lipinski definition) is 3. The van der Waals surface area contributed by atoms with Crippen LogP contribution in [0.4, 0.5) is 0 Å². The fourth-order valence-corrected chi connectivity index (χ4v) is 1.64. The second-order valence-corrected chi connectivity index (χ2v) is 3.59. The Hall–Kier alpha value is -1.90. The van der Waals surface area contributed by atoms with E-state index in [0.29, 0.717) is 12.3 Å². The summed E-state index contributed by atoms with van der Waals surface area (Å²) in [5.41, 5.74) is 1.51. The van der Waals surface area contributed by atoms with Gasteiger partial charge < -0.3 is 4.74 Å². The van der Waals surface area contributed by atoms with Crippen molar-refractivity contribution in [2.24, 2.45) is 0 Å². The predicted octanol–water partition coefficient (Wildman–Crippen LogP) is 2.72. The van der Waals surface area contributed by atoms with Gasteiger partial charge in [0.15, 0.2) is 0 Å². The fourth-order valence-electron chi connectivity index (χ4n) is 1.64. The van der Waals surface area contributed by atoms with Gasteiger partial charge in [-0.15, -0.1) is 0 Å². The molecule has 0 atom stereocenters. The number of carbonyl (C=O) groups is 1. The maximum atomic E-state index is 11.5. The van der Waals surface area contributed by atoms with Crippen LogP contribution in [0.25, 0.3) is 10.8 Å². The summed E-state index contributed by atoms with van der Waals surface area (Å²) in [6.45, 7) is 4.17. The predicted molar refractivity (Wildman–Crippen MR) is 62.4 cm³/mol. The van der Waals surface area contributed by atoms with Gasteiger partial charge in [-0.1, -0.05) is 18.2 Å². The number of pyridine rings is 1. The van der Waals surface area contributed by atoms with Crippen LogP contribution in [-0.2, 0) is 4.74 Å². The number of benzene rings is 1. The van der Waals surface area contributed by atoms with Crippen LogP contribution in [0, 0.1) is 6.92 Å². The first-order valence-electron chi connectivity index (χ1n) is 5.25. The van der Waals surface area contributed by atoms with Gasteiger partial charge in [-0.05, 0) is 30.9 Å². The van der Waals surface area contributed by atoms with Crippen molar-refractivity contribution in [1.82, 2.24) is 4.98 Å². The van der Waals surface area contributed by atoms with Gasteiger partial charge in [-0.2, -0.15) is 0 Å². The van der Waals surface area contributed by atoms with Crippen LogP contribution in [-0.4, -0.2) is 17.6 Å². The van der Waals surface area contributed by atoms with E-state index >= 15 is 0 Å². The third-order valence-electron chi connectivity index (χ3n) is 2.47. The van der Waals surface area contributed by atoms with Gasteiger partial charge in [0.25, 0.3) is 0 Å². The Kier molecular flexibility index (Phi) is 2.86. The molecular weight excluding hydrogens is 202 g/mol. The van der Waals surface area contributed by atoms with Gasteiger partial charge >= 0.3 is 5.97 Å². The fraction of sp³-hybridized carbons (Fsp3) is 0.231. The van der Waals surface area contributed by atoms with Crippen molar-refractivity contribution in [1.29, 1.82) is 0 Å². The van der Waals surface area contributed by atoms with Crippen LogP contribution in [0.15, 0.2) is 30.5 Å². The lowest BCUT2D eigenvalue weighted by atomic mass is 10.1. The van der Waals surface area contributed by atoms with Gasteiger partial charge in [-0.25, -0.2) is 9.78 Å². The Bertz CT molecular complexity index is 534. The number of rotatable bonds is 2. The third kappa shape index (κ3) is 1.89. The van der Waals surface area contributed by atoms with Crippen LogP contribution in [0.2, 0.25) is 0 Å². The van der Waals surface area contributed by atoms with Crippen molar-refractivity contribution < 1.29 is 9.53 Å². The lowest BCUT2D eigenvalue weighted by Crippen LogP contribution is -2.06. The van der Waals surface area contributed by atoms with Crippen LogP contribution < -0.4 is 0 Å². The number of nitrogens with zero attached hydrogens (tertiary/aromatic N) is 1. The molecule has 0 spiro atoms. The number of esters is 1. The summed E-state index contributed by atoms with van der Waals surface area (Å²) in [7, 11) is 0. The smallest absolute Gasteiger partial charge is 0.356 e. The molecular formula is C13H13NO2. The summed E-state index contributed by atoms with van der Waals surface area (Å²) in [4.78, 5) is 15.6. The van der Waals surface area contributed by atoms with E-state index < -0.39 is 0 Å². The molecule has 3 heteroatoms. The summed E-state index contributed by atoms with van der Waals surface area (Å²) in [5.74, 6) is -0.370. The average Bonchev–Trinajstić information content (AvgIpc) is 2.29. The normalized spacial score (nSPS) is 10.4. The molecule has 1 heterocycles. The first kappa shape index (κ1) is 10.6. The van der Waals surface area contributed by atoms with Crippen molar-refractivity contribution in [3.8, 4) is 0 Å². The number of aryl methyl sites for hydroxylation is 1. The maximum Gasteiger partial charge on any atom is 0.356 e. The minimum Gasteiger partial charge on any atom is -0.461 e. The zero-order chi connectivity index (χ0) is 11.5.